The van der Waals surface area contributed by atoms with E-state index >= 15 is 0 Å². The van der Waals surface area contributed by atoms with Gasteiger partial charge in [0.1, 0.15) is 6.54 Å². The quantitative estimate of drug-likeness (QED) is 0.150. The van der Waals surface area contributed by atoms with Crippen LogP contribution in [0.4, 0.5) is 0 Å². The van der Waals surface area contributed by atoms with Gasteiger partial charge in [0.25, 0.3) is 0 Å². The maximum atomic E-state index is 10.8. The molecule has 0 saturated heterocycles. The summed E-state index contributed by atoms with van der Waals surface area (Å²) >= 11 is 0. The molecule has 25 heavy (non-hydrogen) atoms. The summed E-state index contributed by atoms with van der Waals surface area (Å²) in [5, 5.41) is 28.9. The molecule has 0 aromatic carbocycles. The second-order valence-corrected chi connectivity index (χ2v) is 6.35. The van der Waals surface area contributed by atoms with Crippen LogP contribution in [0.1, 0.15) is 58.3 Å². The Bertz CT molecular complexity index is 368. The van der Waals surface area contributed by atoms with Gasteiger partial charge in [-0.3, -0.25) is 4.79 Å². The summed E-state index contributed by atoms with van der Waals surface area (Å²) in [6.07, 6.45) is 9.57. The minimum Gasteiger partial charge on any atom is -0.550 e. The van der Waals surface area contributed by atoms with Crippen LogP contribution in [0.15, 0.2) is 12.2 Å². The summed E-state index contributed by atoms with van der Waals surface area (Å²) in [5.41, 5.74) is 0. The molecular formula is C18H33LiNO5+. The normalized spacial score (nSPS) is 13.4. The fraction of sp³-hybridized carbons (Fsp3) is 0.778. The number of hydrogen-bond acceptors (Lipinski definition) is 4. The smallest absolute Gasteiger partial charge is 0.550 e. The van der Waals surface area contributed by atoms with Crippen molar-refractivity contribution >= 4 is 11.9 Å². The topological polar surface area (TPSA) is 97.7 Å². The molecule has 0 bridgehead atoms. The first-order valence-corrected chi connectivity index (χ1v) is 8.94. The summed E-state index contributed by atoms with van der Waals surface area (Å²) < 4.78 is 0.598. The second kappa shape index (κ2) is 16.7. The summed E-state index contributed by atoms with van der Waals surface area (Å²) in [4.78, 5) is 21.4. The van der Waals surface area contributed by atoms with E-state index in [1.165, 1.54) is 0 Å². The first kappa shape index (κ1) is 26.4. The molecule has 140 valence electrons. The number of rotatable bonds is 16. The van der Waals surface area contributed by atoms with Crippen LogP contribution in [0.5, 0.6) is 0 Å². The zero-order valence-electron chi connectivity index (χ0n) is 15.9. The zero-order valence-corrected chi connectivity index (χ0v) is 15.9. The number of quaternary nitrogens is 1. The van der Waals surface area contributed by atoms with Crippen molar-refractivity contribution in [1.29, 1.82) is 0 Å². The molecule has 0 aromatic rings. The van der Waals surface area contributed by atoms with Gasteiger partial charge in [-0.15, -0.1) is 0 Å². The maximum absolute atomic E-state index is 10.8. The maximum Gasteiger partial charge on any atom is 1.00 e. The fourth-order valence-electron chi connectivity index (χ4n) is 3.06. The van der Waals surface area contributed by atoms with Crippen molar-refractivity contribution < 1.29 is 48.3 Å². The van der Waals surface area contributed by atoms with E-state index in [4.69, 9.17) is 5.11 Å². The van der Waals surface area contributed by atoms with Gasteiger partial charge in [-0.05, 0) is 39.0 Å². The van der Waals surface area contributed by atoms with Crippen molar-refractivity contribution in [2.75, 3.05) is 32.8 Å². The standard InChI is InChI=1S/C18H33NO5.Li/c1-2-3-4-5-6-7-12-19(15-16-20,13-8-10-17(21)22)14-9-11-18(23)24;/h2-3,20H,4-16H2,1H3,(H-,21,22,23,24);/q;+1/b3-2+;. The molecule has 0 rings (SSSR count). The number of allylic oxidation sites excluding steroid dienone is 2. The average Bonchev–Trinajstić information content (AvgIpc) is 2.50. The van der Waals surface area contributed by atoms with Crippen LogP contribution in [0.25, 0.3) is 0 Å². The Morgan fingerprint density at radius 3 is 2.08 bits per heavy atom. The summed E-state index contributed by atoms with van der Waals surface area (Å²) in [6, 6.07) is 0. The van der Waals surface area contributed by atoms with E-state index in [1.54, 1.807) is 0 Å². The molecule has 7 heteroatoms. The SMILES string of the molecule is C/C=C/CCCCC[N+](CCO)(CCCC(=O)[O-])CCCC(=O)O.[Li+]. The third-order valence-corrected chi connectivity index (χ3v) is 4.35. The molecule has 0 aliphatic rings. The monoisotopic (exact) mass is 350 g/mol. The van der Waals surface area contributed by atoms with Crippen LogP contribution in [0.3, 0.4) is 0 Å². The molecule has 0 spiro atoms. The Hall–Kier alpha value is -0.803. The molecule has 2 N–H and O–H groups in total. The molecule has 0 aliphatic heterocycles. The second-order valence-electron chi connectivity index (χ2n) is 6.35. The van der Waals surface area contributed by atoms with Crippen LogP contribution >= 0.6 is 0 Å². The molecule has 0 radical (unpaired) electrons. The molecule has 0 amide bonds. The molecule has 0 heterocycles. The Morgan fingerprint density at radius 2 is 1.56 bits per heavy atom. The van der Waals surface area contributed by atoms with Crippen LogP contribution in [0.2, 0.25) is 0 Å². The Balaban J connectivity index is 0. The van der Waals surface area contributed by atoms with E-state index in [2.05, 4.69) is 6.08 Å². The minimum atomic E-state index is -1.06. The van der Waals surface area contributed by atoms with Gasteiger partial charge >= 0.3 is 24.8 Å². The number of aliphatic hydroxyl groups excluding tert-OH is 1. The molecule has 0 fully saturated rings. The number of aliphatic carboxylic acids is 2. The van der Waals surface area contributed by atoms with Crippen molar-refractivity contribution in [3.63, 3.8) is 0 Å². The molecule has 0 aliphatic carbocycles. The van der Waals surface area contributed by atoms with Crippen LogP contribution in [-0.4, -0.2) is 59.4 Å². The number of hydrogen-bond donors (Lipinski definition) is 2. The predicted octanol–water partition coefficient (Wildman–Crippen LogP) is -1.67. The predicted molar refractivity (Wildman–Crippen MR) is 91.2 cm³/mol. The Morgan fingerprint density at radius 1 is 0.960 bits per heavy atom. The van der Waals surface area contributed by atoms with E-state index in [0.717, 1.165) is 32.2 Å². The number of aliphatic hydroxyl groups is 1. The van der Waals surface area contributed by atoms with Crippen molar-refractivity contribution in [3.8, 4) is 0 Å². The van der Waals surface area contributed by atoms with Crippen molar-refractivity contribution in [2.45, 2.75) is 58.3 Å². The van der Waals surface area contributed by atoms with Crippen LogP contribution in [-0.2, 0) is 9.59 Å². The molecule has 6 nitrogen and oxygen atoms in total. The van der Waals surface area contributed by atoms with Gasteiger partial charge in [-0.25, -0.2) is 0 Å². The number of nitrogens with zero attached hydrogens (tertiary/aromatic N) is 1. The summed E-state index contributed by atoms with van der Waals surface area (Å²) in [7, 11) is 0. The molecule has 0 saturated carbocycles. The number of unbranched alkanes of at least 4 members (excludes halogenated alkanes) is 3. The first-order chi connectivity index (χ1) is 11.5. The van der Waals surface area contributed by atoms with Gasteiger partial charge < -0.3 is 24.6 Å². The van der Waals surface area contributed by atoms with Gasteiger partial charge in [-0.1, -0.05) is 12.2 Å². The van der Waals surface area contributed by atoms with Gasteiger partial charge in [0.2, 0.25) is 0 Å². The van der Waals surface area contributed by atoms with Gasteiger partial charge in [0.15, 0.2) is 0 Å². The van der Waals surface area contributed by atoms with Gasteiger partial charge in [-0.2, -0.15) is 0 Å². The number of carbonyl (C=O) groups is 2. The largest absolute Gasteiger partial charge is 1.00 e. The van der Waals surface area contributed by atoms with Gasteiger partial charge in [0, 0.05) is 18.8 Å². The number of carboxylic acids is 2. The van der Waals surface area contributed by atoms with Crippen molar-refractivity contribution in [2.24, 2.45) is 0 Å². The average molecular weight is 350 g/mol. The van der Waals surface area contributed by atoms with Crippen LogP contribution in [0, 0.1) is 0 Å². The fourth-order valence-corrected chi connectivity index (χ4v) is 3.06. The van der Waals surface area contributed by atoms with E-state index in [1.807, 2.05) is 13.0 Å². The Labute approximate surface area is 163 Å². The Kier molecular flexibility index (Phi) is 17.6. The number of carboxylic acid groups (broad SMARTS) is 2. The first-order valence-electron chi connectivity index (χ1n) is 8.94. The molecule has 1 unspecified atom stereocenters. The van der Waals surface area contributed by atoms with E-state index in [9.17, 15) is 19.8 Å². The van der Waals surface area contributed by atoms with E-state index < -0.39 is 11.9 Å². The van der Waals surface area contributed by atoms with Crippen molar-refractivity contribution in [1.82, 2.24) is 0 Å². The minimum absolute atomic E-state index is 0. The third-order valence-electron chi connectivity index (χ3n) is 4.35. The van der Waals surface area contributed by atoms with Gasteiger partial charge in [0.05, 0.1) is 32.7 Å². The zero-order chi connectivity index (χ0) is 18.3. The van der Waals surface area contributed by atoms with E-state index in [0.29, 0.717) is 37.0 Å². The summed E-state index contributed by atoms with van der Waals surface area (Å²) in [6.45, 7) is 4.72. The molecular weight excluding hydrogens is 317 g/mol. The molecule has 1 atom stereocenters. The van der Waals surface area contributed by atoms with Crippen LogP contribution < -0.4 is 24.0 Å². The van der Waals surface area contributed by atoms with E-state index in [-0.39, 0.29) is 38.3 Å². The van der Waals surface area contributed by atoms with Crippen molar-refractivity contribution in [3.05, 3.63) is 12.2 Å². The summed E-state index contributed by atoms with van der Waals surface area (Å²) in [5.74, 6) is -1.88. The molecule has 0 aromatic heterocycles. The third kappa shape index (κ3) is 15.2. The number of carbonyl (C=O) groups excluding carboxylic acids is 1.